The second-order valence-corrected chi connectivity index (χ2v) is 6.32. The highest BCUT2D eigenvalue weighted by Gasteiger charge is 2.17. The van der Waals surface area contributed by atoms with Crippen LogP contribution in [-0.2, 0) is 4.79 Å². The van der Waals surface area contributed by atoms with E-state index in [1.807, 2.05) is 13.0 Å². The van der Waals surface area contributed by atoms with E-state index in [1.54, 1.807) is 50.6 Å². The molecule has 2 aromatic rings. The van der Waals surface area contributed by atoms with Crippen LogP contribution < -0.4 is 9.47 Å². The molecule has 29 heavy (non-hydrogen) atoms. The zero-order valence-electron chi connectivity index (χ0n) is 16.7. The molecule has 152 valence electrons. The molecular weight excluding hydrogens is 372 g/mol. The summed E-state index contributed by atoms with van der Waals surface area (Å²) in [6, 6.07) is 11.3. The van der Waals surface area contributed by atoms with Gasteiger partial charge in [-0.05, 0) is 36.3 Å². The standard InChI is InChI=1S/C22H24N2O5/c1-5-13-29-20-11-9-17(14-21(20)28-4)10-12-22(25)23(3)16(2)18-7-6-8-19(15-18)24(26)27/h5-12,14-16H,1,13H2,2-4H3/b12-10+/t16-/m0/s1. The number of methoxy groups -OCH3 is 1. The van der Waals surface area contributed by atoms with Gasteiger partial charge < -0.3 is 14.4 Å². The molecule has 0 saturated heterocycles. The first-order valence-electron chi connectivity index (χ1n) is 8.98. The lowest BCUT2D eigenvalue weighted by atomic mass is 10.1. The molecule has 0 unspecified atom stereocenters. The second-order valence-electron chi connectivity index (χ2n) is 6.32. The number of non-ortho nitro benzene ring substituents is 1. The first-order chi connectivity index (χ1) is 13.9. The molecule has 7 nitrogen and oxygen atoms in total. The van der Waals surface area contributed by atoms with Crippen LogP contribution in [0, 0.1) is 10.1 Å². The fraction of sp³-hybridized carbons (Fsp3) is 0.227. The molecule has 0 aliphatic rings. The molecule has 0 aromatic heterocycles. The Morgan fingerprint density at radius 2 is 2.03 bits per heavy atom. The van der Waals surface area contributed by atoms with Crippen LogP contribution in [0.1, 0.15) is 24.1 Å². The van der Waals surface area contributed by atoms with Gasteiger partial charge in [-0.2, -0.15) is 0 Å². The molecular formula is C22H24N2O5. The van der Waals surface area contributed by atoms with Crippen molar-refractivity contribution in [1.29, 1.82) is 0 Å². The number of hydrogen-bond donors (Lipinski definition) is 0. The molecule has 0 spiro atoms. The van der Waals surface area contributed by atoms with Crippen molar-refractivity contribution in [3.05, 3.63) is 82.4 Å². The quantitative estimate of drug-likeness (QED) is 0.272. The monoisotopic (exact) mass is 396 g/mol. The molecule has 2 rings (SSSR count). The fourth-order valence-corrected chi connectivity index (χ4v) is 2.65. The van der Waals surface area contributed by atoms with Crippen LogP contribution in [0.3, 0.4) is 0 Å². The summed E-state index contributed by atoms with van der Waals surface area (Å²) in [5.41, 5.74) is 1.46. The summed E-state index contributed by atoms with van der Waals surface area (Å²) in [6.45, 7) is 5.80. The molecule has 0 fully saturated rings. The summed E-state index contributed by atoms with van der Waals surface area (Å²) < 4.78 is 10.8. The minimum atomic E-state index is -0.451. The number of benzene rings is 2. The Morgan fingerprint density at radius 3 is 2.69 bits per heavy atom. The van der Waals surface area contributed by atoms with Crippen LogP contribution in [0.5, 0.6) is 11.5 Å². The molecule has 7 heteroatoms. The Morgan fingerprint density at radius 1 is 1.28 bits per heavy atom. The van der Waals surface area contributed by atoms with Crippen LogP contribution in [-0.4, -0.2) is 36.5 Å². The maximum Gasteiger partial charge on any atom is 0.269 e. The third-order valence-corrected chi connectivity index (χ3v) is 4.45. The normalized spacial score (nSPS) is 11.7. The zero-order valence-corrected chi connectivity index (χ0v) is 16.7. The van der Waals surface area contributed by atoms with Gasteiger partial charge >= 0.3 is 0 Å². The third kappa shape index (κ3) is 5.68. The first-order valence-corrected chi connectivity index (χ1v) is 8.98. The molecule has 1 amide bonds. The van der Waals surface area contributed by atoms with E-state index >= 15 is 0 Å². The van der Waals surface area contributed by atoms with Crippen molar-refractivity contribution in [2.75, 3.05) is 20.8 Å². The van der Waals surface area contributed by atoms with Gasteiger partial charge in [0.1, 0.15) is 6.61 Å². The van der Waals surface area contributed by atoms with Crippen molar-refractivity contribution < 1.29 is 19.2 Å². The summed E-state index contributed by atoms with van der Waals surface area (Å²) in [5, 5.41) is 11.0. The van der Waals surface area contributed by atoms with Crippen molar-refractivity contribution in [3.8, 4) is 11.5 Å². The minimum absolute atomic E-state index is 0.00315. The molecule has 0 bridgehead atoms. The number of hydrogen-bond acceptors (Lipinski definition) is 5. The van der Waals surface area contributed by atoms with Gasteiger partial charge in [-0.3, -0.25) is 14.9 Å². The van der Waals surface area contributed by atoms with E-state index in [4.69, 9.17) is 9.47 Å². The summed E-state index contributed by atoms with van der Waals surface area (Å²) in [7, 11) is 3.20. The fourth-order valence-electron chi connectivity index (χ4n) is 2.65. The Hall–Kier alpha value is -3.61. The first kappa shape index (κ1) is 21.7. The van der Waals surface area contributed by atoms with E-state index in [2.05, 4.69) is 6.58 Å². The summed E-state index contributed by atoms with van der Waals surface area (Å²) in [6.07, 6.45) is 4.77. The van der Waals surface area contributed by atoms with Gasteiger partial charge in [-0.25, -0.2) is 0 Å². The summed E-state index contributed by atoms with van der Waals surface area (Å²) in [4.78, 5) is 24.6. The lowest BCUT2D eigenvalue weighted by Gasteiger charge is -2.24. The average molecular weight is 396 g/mol. The zero-order chi connectivity index (χ0) is 21.4. The van der Waals surface area contributed by atoms with Crippen LogP contribution in [0.4, 0.5) is 5.69 Å². The SMILES string of the molecule is C=CCOc1ccc(/C=C/C(=O)N(C)[C@@H](C)c2cccc([N+](=O)[O-])c2)cc1OC. The van der Waals surface area contributed by atoms with Gasteiger partial charge in [-0.15, -0.1) is 0 Å². The minimum Gasteiger partial charge on any atom is -0.493 e. The van der Waals surface area contributed by atoms with E-state index in [0.717, 1.165) is 5.56 Å². The molecule has 0 heterocycles. The van der Waals surface area contributed by atoms with Crippen molar-refractivity contribution >= 4 is 17.7 Å². The smallest absolute Gasteiger partial charge is 0.269 e. The number of nitro groups is 1. The van der Waals surface area contributed by atoms with Gasteiger partial charge in [0.05, 0.1) is 18.1 Å². The molecule has 0 aliphatic carbocycles. The van der Waals surface area contributed by atoms with Gasteiger partial charge in [-0.1, -0.05) is 30.9 Å². The lowest BCUT2D eigenvalue weighted by molar-refractivity contribution is -0.384. The number of likely N-dealkylation sites (N-methyl/N-ethyl adjacent to an activating group) is 1. The van der Waals surface area contributed by atoms with Gasteiger partial charge in [0.25, 0.3) is 5.69 Å². The second kappa shape index (κ2) is 10.1. The topological polar surface area (TPSA) is 81.9 Å². The maximum absolute atomic E-state index is 12.6. The number of ether oxygens (including phenoxy) is 2. The lowest BCUT2D eigenvalue weighted by Crippen LogP contribution is -2.28. The largest absolute Gasteiger partial charge is 0.493 e. The average Bonchev–Trinajstić information content (AvgIpc) is 2.75. The van der Waals surface area contributed by atoms with Crippen molar-refractivity contribution in [2.45, 2.75) is 13.0 Å². The predicted molar refractivity (Wildman–Crippen MR) is 112 cm³/mol. The number of nitro benzene ring substituents is 1. The van der Waals surface area contributed by atoms with Crippen molar-refractivity contribution in [1.82, 2.24) is 4.90 Å². The Kier molecular flexibility index (Phi) is 7.54. The molecule has 1 atom stereocenters. The maximum atomic E-state index is 12.6. The van der Waals surface area contributed by atoms with E-state index in [0.29, 0.717) is 23.7 Å². The molecule has 0 radical (unpaired) electrons. The summed E-state index contributed by atoms with van der Waals surface area (Å²) in [5.74, 6) is 0.919. The number of carbonyl (C=O) groups is 1. The van der Waals surface area contributed by atoms with Gasteiger partial charge in [0.2, 0.25) is 5.91 Å². The molecule has 0 saturated carbocycles. The van der Waals surface area contributed by atoms with E-state index in [1.165, 1.54) is 23.1 Å². The van der Waals surface area contributed by atoms with Crippen LogP contribution in [0.25, 0.3) is 6.08 Å². The van der Waals surface area contributed by atoms with Crippen LogP contribution in [0.2, 0.25) is 0 Å². The van der Waals surface area contributed by atoms with Crippen molar-refractivity contribution in [2.24, 2.45) is 0 Å². The predicted octanol–water partition coefficient (Wildman–Crippen LogP) is 4.40. The number of amides is 1. The van der Waals surface area contributed by atoms with Crippen LogP contribution >= 0.6 is 0 Å². The third-order valence-electron chi connectivity index (χ3n) is 4.45. The number of carbonyl (C=O) groups excluding carboxylic acids is 1. The van der Waals surface area contributed by atoms with E-state index in [9.17, 15) is 14.9 Å². The van der Waals surface area contributed by atoms with Gasteiger partial charge in [0.15, 0.2) is 11.5 Å². The van der Waals surface area contributed by atoms with Crippen molar-refractivity contribution in [3.63, 3.8) is 0 Å². The molecule has 2 aromatic carbocycles. The highest BCUT2D eigenvalue weighted by Crippen LogP contribution is 2.29. The number of nitrogens with zero attached hydrogens (tertiary/aromatic N) is 2. The Bertz CT molecular complexity index is 923. The Balaban J connectivity index is 2.12. The Labute approximate surface area is 170 Å². The highest BCUT2D eigenvalue weighted by molar-refractivity contribution is 5.92. The van der Waals surface area contributed by atoms with Gasteiger partial charge in [0, 0.05) is 25.3 Å². The molecule has 0 N–H and O–H groups in total. The van der Waals surface area contributed by atoms with E-state index < -0.39 is 4.92 Å². The number of rotatable bonds is 9. The molecule has 0 aliphatic heterocycles. The summed E-state index contributed by atoms with van der Waals surface area (Å²) >= 11 is 0. The van der Waals surface area contributed by atoms with Crippen LogP contribution in [0.15, 0.2) is 61.2 Å². The van der Waals surface area contributed by atoms with E-state index in [-0.39, 0.29) is 17.6 Å². The highest BCUT2D eigenvalue weighted by atomic mass is 16.6.